The fourth-order valence-electron chi connectivity index (χ4n) is 1.91. The van der Waals surface area contributed by atoms with Crippen LogP contribution in [0.1, 0.15) is 11.9 Å². The Balaban J connectivity index is 1.91. The normalized spacial score (nSPS) is 10.6. The number of thiazole rings is 1. The van der Waals surface area contributed by atoms with Crippen molar-refractivity contribution in [3.8, 4) is 17.0 Å². The Labute approximate surface area is 136 Å². The number of aromatic nitrogens is 1. The van der Waals surface area contributed by atoms with Crippen LogP contribution < -0.4 is 15.8 Å². The Morgan fingerprint density at radius 2 is 2.09 bits per heavy atom. The first-order valence-corrected chi connectivity index (χ1v) is 8.30. The lowest BCUT2D eigenvalue weighted by Crippen LogP contribution is -2.24. The summed E-state index contributed by atoms with van der Waals surface area (Å²) in [6.07, 6.45) is 0.935. The molecule has 4 nitrogen and oxygen atoms in total. The van der Waals surface area contributed by atoms with Crippen LogP contribution >= 0.6 is 11.3 Å². The molecule has 1 aromatic heterocycles. The van der Waals surface area contributed by atoms with Crippen molar-refractivity contribution in [3.63, 3.8) is 0 Å². The van der Waals surface area contributed by atoms with E-state index in [4.69, 9.17) is 10.5 Å². The number of nitrogens with one attached hydrogen (secondary N) is 1. The molecule has 0 saturated carbocycles. The van der Waals surface area contributed by atoms with Crippen LogP contribution in [-0.2, 0) is 6.42 Å². The molecular formula is C17H23N3OS. The van der Waals surface area contributed by atoms with E-state index in [1.807, 2.05) is 31.2 Å². The summed E-state index contributed by atoms with van der Waals surface area (Å²) in [6.45, 7) is 8.77. The van der Waals surface area contributed by atoms with Gasteiger partial charge in [-0.2, -0.15) is 0 Å². The van der Waals surface area contributed by atoms with Gasteiger partial charge in [-0.25, -0.2) is 4.98 Å². The molecule has 1 heterocycles. The first kappa shape index (κ1) is 16.7. The van der Waals surface area contributed by atoms with E-state index in [2.05, 4.69) is 22.3 Å². The van der Waals surface area contributed by atoms with Crippen molar-refractivity contribution in [3.05, 3.63) is 46.8 Å². The van der Waals surface area contributed by atoms with E-state index < -0.39 is 0 Å². The predicted octanol–water partition coefficient (Wildman–Crippen LogP) is 2.86. The van der Waals surface area contributed by atoms with E-state index in [9.17, 15) is 0 Å². The van der Waals surface area contributed by atoms with Crippen molar-refractivity contribution in [2.24, 2.45) is 5.73 Å². The maximum atomic E-state index is 5.60. The van der Waals surface area contributed by atoms with Gasteiger partial charge in [-0.3, -0.25) is 0 Å². The SMILES string of the molecule is C=C(C)COc1ccc(-c2csc(CCNCCN)n2)cc1. The number of hydrogen-bond acceptors (Lipinski definition) is 5. The first-order chi connectivity index (χ1) is 10.7. The molecule has 0 radical (unpaired) electrons. The van der Waals surface area contributed by atoms with Gasteiger partial charge >= 0.3 is 0 Å². The second-order valence-electron chi connectivity index (χ2n) is 5.19. The largest absolute Gasteiger partial charge is 0.489 e. The molecule has 2 aromatic rings. The van der Waals surface area contributed by atoms with Crippen LogP contribution in [0.3, 0.4) is 0 Å². The Hall–Kier alpha value is -1.69. The lowest BCUT2D eigenvalue weighted by molar-refractivity contribution is 0.353. The Bertz CT molecular complexity index is 592. The van der Waals surface area contributed by atoms with E-state index in [1.54, 1.807) is 11.3 Å². The second kappa shape index (κ2) is 8.68. The van der Waals surface area contributed by atoms with Crippen LogP contribution in [0.25, 0.3) is 11.3 Å². The van der Waals surface area contributed by atoms with Crippen LogP contribution in [0.15, 0.2) is 41.8 Å². The zero-order valence-corrected chi connectivity index (χ0v) is 13.8. The molecule has 0 spiro atoms. The van der Waals surface area contributed by atoms with Gasteiger partial charge in [0.25, 0.3) is 0 Å². The molecule has 0 aliphatic heterocycles. The monoisotopic (exact) mass is 317 g/mol. The minimum Gasteiger partial charge on any atom is -0.489 e. The summed E-state index contributed by atoms with van der Waals surface area (Å²) in [5.41, 5.74) is 8.59. The molecule has 3 N–H and O–H groups in total. The van der Waals surface area contributed by atoms with Crippen molar-refractivity contribution in [2.45, 2.75) is 13.3 Å². The summed E-state index contributed by atoms with van der Waals surface area (Å²) in [7, 11) is 0. The van der Waals surface area contributed by atoms with Crippen molar-refractivity contribution in [1.29, 1.82) is 0 Å². The van der Waals surface area contributed by atoms with Gasteiger partial charge < -0.3 is 15.8 Å². The quantitative estimate of drug-likeness (QED) is 0.551. The molecule has 0 aliphatic carbocycles. The van der Waals surface area contributed by atoms with Crippen molar-refractivity contribution < 1.29 is 4.74 Å². The van der Waals surface area contributed by atoms with E-state index in [1.165, 1.54) is 0 Å². The number of nitrogens with two attached hydrogens (primary N) is 1. The lowest BCUT2D eigenvalue weighted by atomic mass is 10.2. The van der Waals surface area contributed by atoms with E-state index in [0.29, 0.717) is 13.2 Å². The van der Waals surface area contributed by atoms with Gasteiger partial charge in [-0.15, -0.1) is 11.3 Å². The van der Waals surface area contributed by atoms with Gasteiger partial charge in [0, 0.05) is 37.0 Å². The molecule has 2 rings (SSSR count). The standard InChI is InChI=1S/C17H23N3OS/c1-13(2)11-21-15-5-3-14(4-6-15)16-12-22-17(20-16)7-9-19-10-8-18/h3-6,12,19H,1,7-11,18H2,2H3. The summed E-state index contributed by atoms with van der Waals surface area (Å²) in [6, 6.07) is 8.03. The second-order valence-corrected chi connectivity index (χ2v) is 6.13. The van der Waals surface area contributed by atoms with Gasteiger partial charge in [-0.05, 0) is 36.8 Å². The molecular weight excluding hydrogens is 294 g/mol. The van der Waals surface area contributed by atoms with Gasteiger partial charge in [0.15, 0.2) is 0 Å². The lowest BCUT2D eigenvalue weighted by Gasteiger charge is -2.06. The van der Waals surface area contributed by atoms with Gasteiger partial charge in [0.05, 0.1) is 10.7 Å². The van der Waals surface area contributed by atoms with Gasteiger partial charge in [0.1, 0.15) is 12.4 Å². The number of hydrogen-bond donors (Lipinski definition) is 2. The maximum absolute atomic E-state index is 5.60. The minimum atomic E-state index is 0.552. The zero-order chi connectivity index (χ0) is 15.8. The zero-order valence-electron chi connectivity index (χ0n) is 13.0. The number of nitrogens with zero attached hydrogens (tertiary/aromatic N) is 1. The minimum absolute atomic E-state index is 0.552. The number of rotatable bonds is 9. The van der Waals surface area contributed by atoms with Crippen molar-refractivity contribution in [1.82, 2.24) is 10.3 Å². The summed E-state index contributed by atoms with van der Waals surface area (Å²) in [5.74, 6) is 0.855. The van der Waals surface area contributed by atoms with Crippen LogP contribution in [0, 0.1) is 0 Å². The summed E-state index contributed by atoms with van der Waals surface area (Å²) >= 11 is 1.70. The molecule has 0 aliphatic rings. The van der Waals surface area contributed by atoms with E-state index in [0.717, 1.165) is 47.1 Å². The highest BCUT2D eigenvalue weighted by Gasteiger charge is 2.05. The van der Waals surface area contributed by atoms with Crippen LogP contribution in [-0.4, -0.2) is 31.2 Å². The highest BCUT2D eigenvalue weighted by atomic mass is 32.1. The van der Waals surface area contributed by atoms with Crippen molar-refractivity contribution >= 4 is 11.3 Å². The molecule has 0 atom stereocenters. The smallest absolute Gasteiger partial charge is 0.119 e. The third-order valence-electron chi connectivity index (χ3n) is 3.02. The molecule has 0 amide bonds. The van der Waals surface area contributed by atoms with Crippen molar-refractivity contribution in [2.75, 3.05) is 26.2 Å². The molecule has 0 fully saturated rings. The summed E-state index contributed by atoms with van der Waals surface area (Å²) < 4.78 is 5.60. The van der Waals surface area contributed by atoms with Gasteiger partial charge in [0.2, 0.25) is 0 Å². The third kappa shape index (κ3) is 5.26. The van der Waals surface area contributed by atoms with E-state index in [-0.39, 0.29) is 0 Å². The molecule has 0 bridgehead atoms. The third-order valence-corrected chi connectivity index (χ3v) is 3.93. The Morgan fingerprint density at radius 3 is 2.77 bits per heavy atom. The molecule has 0 unspecified atom stereocenters. The van der Waals surface area contributed by atoms with Crippen LogP contribution in [0.2, 0.25) is 0 Å². The van der Waals surface area contributed by atoms with Crippen LogP contribution in [0.5, 0.6) is 5.75 Å². The fourth-order valence-corrected chi connectivity index (χ4v) is 2.72. The Kier molecular flexibility index (Phi) is 6.58. The number of benzene rings is 1. The summed E-state index contributed by atoms with van der Waals surface area (Å²) in [5, 5.41) is 6.52. The topological polar surface area (TPSA) is 60.2 Å². The Morgan fingerprint density at radius 1 is 1.32 bits per heavy atom. The highest BCUT2D eigenvalue weighted by Crippen LogP contribution is 2.24. The average molecular weight is 317 g/mol. The highest BCUT2D eigenvalue weighted by molar-refractivity contribution is 7.09. The van der Waals surface area contributed by atoms with E-state index >= 15 is 0 Å². The predicted molar refractivity (Wildman–Crippen MR) is 93.5 cm³/mol. The maximum Gasteiger partial charge on any atom is 0.119 e. The first-order valence-electron chi connectivity index (χ1n) is 7.42. The molecule has 0 saturated heterocycles. The number of ether oxygens (including phenoxy) is 1. The fraction of sp³-hybridized carbons (Fsp3) is 0.353. The average Bonchev–Trinajstić information content (AvgIpc) is 2.99. The molecule has 5 heteroatoms. The van der Waals surface area contributed by atoms with Gasteiger partial charge in [-0.1, -0.05) is 6.58 Å². The molecule has 1 aromatic carbocycles. The molecule has 22 heavy (non-hydrogen) atoms. The van der Waals surface area contributed by atoms with Crippen LogP contribution in [0.4, 0.5) is 0 Å². The summed E-state index contributed by atoms with van der Waals surface area (Å²) in [4.78, 5) is 4.67. The molecule has 118 valence electrons.